The van der Waals surface area contributed by atoms with E-state index in [9.17, 15) is 5.11 Å². The standard InChI is InChI=1S/C14H16N2O3/c1-8-5-11(6-9(2)12(8)17)14-15-13(16-19-14)10-3-4-18-7-10/h5-6,10,17H,3-4,7H2,1-2H3/t10-/m1/s1. The first kappa shape index (κ1) is 12.2. The van der Waals surface area contributed by atoms with E-state index in [4.69, 9.17) is 9.26 Å². The molecule has 100 valence electrons. The molecule has 1 aromatic heterocycles. The Morgan fingerprint density at radius 1 is 1.26 bits per heavy atom. The third-order valence-corrected chi connectivity index (χ3v) is 3.47. The van der Waals surface area contributed by atoms with E-state index in [2.05, 4.69) is 10.1 Å². The molecule has 0 amide bonds. The van der Waals surface area contributed by atoms with Gasteiger partial charge in [0, 0.05) is 18.1 Å². The van der Waals surface area contributed by atoms with Gasteiger partial charge < -0.3 is 14.4 Å². The van der Waals surface area contributed by atoms with Gasteiger partial charge >= 0.3 is 0 Å². The Morgan fingerprint density at radius 3 is 2.63 bits per heavy atom. The van der Waals surface area contributed by atoms with Gasteiger partial charge in [0.2, 0.25) is 0 Å². The summed E-state index contributed by atoms with van der Waals surface area (Å²) in [5.41, 5.74) is 2.45. The Balaban J connectivity index is 1.94. The van der Waals surface area contributed by atoms with Crippen LogP contribution in [0.2, 0.25) is 0 Å². The molecule has 1 atom stereocenters. The number of hydrogen-bond acceptors (Lipinski definition) is 5. The molecular weight excluding hydrogens is 244 g/mol. The SMILES string of the molecule is Cc1cc(-c2nc([C@@H]3CCOC3)no2)cc(C)c1O. The van der Waals surface area contributed by atoms with Crippen LogP contribution in [0.3, 0.4) is 0 Å². The predicted molar refractivity (Wildman–Crippen MR) is 69.0 cm³/mol. The Morgan fingerprint density at radius 2 is 2.00 bits per heavy atom. The first-order valence-corrected chi connectivity index (χ1v) is 6.37. The van der Waals surface area contributed by atoms with Crippen LogP contribution in [0.15, 0.2) is 16.7 Å². The summed E-state index contributed by atoms with van der Waals surface area (Å²) >= 11 is 0. The molecule has 1 fully saturated rings. The van der Waals surface area contributed by atoms with Crippen LogP contribution in [0.5, 0.6) is 5.75 Å². The van der Waals surface area contributed by atoms with Crippen LogP contribution in [-0.2, 0) is 4.74 Å². The monoisotopic (exact) mass is 260 g/mol. The first-order valence-electron chi connectivity index (χ1n) is 6.37. The normalized spacial score (nSPS) is 18.9. The van der Waals surface area contributed by atoms with E-state index in [1.165, 1.54) is 0 Å². The van der Waals surface area contributed by atoms with Crippen LogP contribution in [0, 0.1) is 13.8 Å². The minimum absolute atomic E-state index is 0.233. The fraction of sp³-hybridized carbons (Fsp3) is 0.429. The van der Waals surface area contributed by atoms with Crippen molar-refractivity contribution in [3.8, 4) is 17.2 Å². The zero-order valence-corrected chi connectivity index (χ0v) is 11.0. The smallest absolute Gasteiger partial charge is 0.257 e. The molecule has 0 aliphatic carbocycles. The molecule has 2 heterocycles. The second-order valence-electron chi connectivity index (χ2n) is 4.98. The highest BCUT2D eigenvalue weighted by atomic mass is 16.5. The van der Waals surface area contributed by atoms with Crippen molar-refractivity contribution in [1.82, 2.24) is 10.1 Å². The highest BCUT2D eigenvalue weighted by molar-refractivity contribution is 5.59. The highest BCUT2D eigenvalue weighted by Gasteiger charge is 2.23. The number of nitrogens with zero attached hydrogens (tertiary/aromatic N) is 2. The molecule has 1 aliphatic heterocycles. The van der Waals surface area contributed by atoms with Crippen molar-refractivity contribution in [2.24, 2.45) is 0 Å². The number of phenolic OH excluding ortho intramolecular Hbond substituents is 1. The van der Waals surface area contributed by atoms with Crippen LogP contribution in [0.25, 0.3) is 11.5 Å². The van der Waals surface area contributed by atoms with E-state index in [1.807, 2.05) is 26.0 Å². The van der Waals surface area contributed by atoms with Gasteiger partial charge in [0.25, 0.3) is 5.89 Å². The van der Waals surface area contributed by atoms with Gasteiger partial charge in [-0.15, -0.1) is 0 Å². The minimum Gasteiger partial charge on any atom is -0.507 e. The van der Waals surface area contributed by atoms with Gasteiger partial charge in [-0.1, -0.05) is 5.16 Å². The second-order valence-corrected chi connectivity index (χ2v) is 4.98. The molecule has 0 radical (unpaired) electrons. The van der Waals surface area contributed by atoms with Gasteiger partial charge in [0.15, 0.2) is 5.82 Å². The van der Waals surface area contributed by atoms with E-state index < -0.39 is 0 Å². The molecule has 1 aliphatic rings. The molecule has 5 nitrogen and oxygen atoms in total. The predicted octanol–water partition coefficient (Wildman–Crippen LogP) is 2.56. The van der Waals surface area contributed by atoms with E-state index in [1.54, 1.807) is 0 Å². The van der Waals surface area contributed by atoms with E-state index in [0.717, 1.165) is 29.7 Å². The number of aromatic hydroxyl groups is 1. The number of aromatic nitrogens is 2. The largest absolute Gasteiger partial charge is 0.507 e. The highest BCUT2D eigenvalue weighted by Crippen LogP contribution is 2.30. The van der Waals surface area contributed by atoms with Gasteiger partial charge in [0.1, 0.15) is 5.75 Å². The Hall–Kier alpha value is -1.88. The molecule has 2 aromatic rings. The summed E-state index contributed by atoms with van der Waals surface area (Å²) in [4.78, 5) is 4.43. The fourth-order valence-electron chi connectivity index (χ4n) is 2.34. The Labute approximate surface area is 111 Å². The Kier molecular flexibility index (Phi) is 2.98. The van der Waals surface area contributed by atoms with Crippen molar-refractivity contribution in [1.29, 1.82) is 0 Å². The third-order valence-electron chi connectivity index (χ3n) is 3.47. The summed E-state index contributed by atoms with van der Waals surface area (Å²) in [6.07, 6.45) is 0.937. The number of aryl methyl sites for hydroxylation is 2. The van der Waals surface area contributed by atoms with Crippen molar-refractivity contribution < 1.29 is 14.4 Å². The summed E-state index contributed by atoms with van der Waals surface area (Å²) < 4.78 is 10.6. The number of rotatable bonds is 2. The molecule has 0 bridgehead atoms. The lowest BCUT2D eigenvalue weighted by Gasteiger charge is -2.04. The van der Waals surface area contributed by atoms with Crippen LogP contribution in [0.4, 0.5) is 0 Å². The molecule has 19 heavy (non-hydrogen) atoms. The fourth-order valence-corrected chi connectivity index (χ4v) is 2.34. The molecule has 1 saturated heterocycles. The maximum atomic E-state index is 9.77. The minimum atomic E-state index is 0.233. The zero-order valence-electron chi connectivity index (χ0n) is 11.0. The lowest BCUT2D eigenvalue weighted by atomic mass is 10.1. The summed E-state index contributed by atoms with van der Waals surface area (Å²) in [5, 5.41) is 13.8. The first-order chi connectivity index (χ1) is 9.15. The van der Waals surface area contributed by atoms with E-state index in [0.29, 0.717) is 24.1 Å². The molecule has 1 N–H and O–H groups in total. The zero-order chi connectivity index (χ0) is 13.4. The molecule has 0 saturated carbocycles. The van der Waals surface area contributed by atoms with Crippen molar-refractivity contribution in [2.75, 3.05) is 13.2 Å². The van der Waals surface area contributed by atoms with Crippen LogP contribution >= 0.6 is 0 Å². The number of benzene rings is 1. The van der Waals surface area contributed by atoms with E-state index in [-0.39, 0.29) is 5.92 Å². The third kappa shape index (κ3) is 2.21. The molecule has 3 rings (SSSR count). The average Bonchev–Trinajstić information content (AvgIpc) is 3.05. The number of phenols is 1. The summed E-state index contributed by atoms with van der Waals surface area (Å²) in [6.45, 7) is 5.13. The number of ether oxygens (including phenoxy) is 1. The maximum absolute atomic E-state index is 9.77. The molecular formula is C14H16N2O3. The topological polar surface area (TPSA) is 68.4 Å². The lowest BCUT2D eigenvalue weighted by molar-refractivity contribution is 0.192. The summed E-state index contributed by atoms with van der Waals surface area (Å²) in [5.74, 6) is 1.74. The van der Waals surface area contributed by atoms with Gasteiger partial charge in [-0.3, -0.25) is 0 Å². The van der Waals surface area contributed by atoms with Gasteiger partial charge in [-0.05, 0) is 43.5 Å². The second kappa shape index (κ2) is 4.66. The van der Waals surface area contributed by atoms with Crippen LogP contribution in [-0.4, -0.2) is 28.5 Å². The average molecular weight is 260 g/mol. The molecule has 0 unspecified atom stereocenters. The molecule has 1 aromatic carbocycles. The van der Waals surface area contributed by atoms with Crippen LogP contribution < -0.4 is 0 Å². The van der Waals surface area contributed by atoms with Crippen molar-refractivity contribution in [3.05, 3.63) is 29.1 Å². The Bertz CT molecular complexity index is 577. The molecule has 5 heteroatoms. The number of hydrogen-bond donors (Lipinski definition) is 1. The molecule has 0 spiro atoms. The quantitative estimate of drug-likeness (QED) is 0.898. The van der Waals surface area contributed by atoms with Crippen molar-refractivity contribution in [3.63, 3.8) is 0 Å². The van der Waals surface area contributed by atoms with Gasteiger partial charge in [-0.25, -0.2) is 0 Å². The van der Waals surface area contributed by atoms with Crippen molar-refractivity contribution in [2.45, 2.75) is 26.2 Å². The van der Waals surface area contributed by atoms with Gasteiger partial charge in [0.05, 0.1) is 6.61 Å². The summed E-state index contributed by atoms with van der Waals surface area (Å²) in [7, 11) is 0. The van der Waals surface area contributed by atoms with Crippen molar-refractivity contribution >= 4 is 0 Å². The van der Waals surface area contributed by atoms with Crippen LogP contribution in [0.1, 0.15) is 29.3 Å². The maximum Gasteiger partial charge on any atom is 0.257 e. The van der Waals surface area contributed by atoms with E-state index >= 15 is 0 Å². The lowest BCUT2D eigenvalue weighted by Crippen LogP contribution is -1.99. The summed E-state index contributed by atoms with van der Waals surface area (Å²) in [6, 6.07) is 3.70. The van der Waals surface area contributed by atoms with Gasteiger partial charge in [-0.2, -0.15) is 4.98 Å².